The van der Waals surface area contributed by atoms with Gasteiger partial charge in [-0.2, -0.15) is 0 Å². The standard InChI is InChI=1S/C15H23N3O2/c1-4-16-14-8-11(7-10(2)17-14)15(19)18-12-5-6-13(9-12)20-3/h7-8,12-13H,4-6,9H2,1-3H3,(H,16,17)(H,18,19). The quantitative estimate of drug-likeness (QED) is 0.865. The number of carbonyl (C=O) groups excluding carboxylic acids is 1. The van der Waals surface area contributed by atoms with Gasteiger partial charge in [-0.25, -0.2) is 4.98 Å². The Morgan fingerprint density at radius 1 is 1.45 bits per heavy atom. The van der Waals surface area contributed by atoms with Gasteiger partial charge >= 0.3 is 0 Å². The van der Waals surface area contributed by atoms with Crippen molar-refractivity contribution in [1.29, 1.82) is 0 Å². The third kappa shape index (κ3) is 3.70. The van der Waals surface area contributed by atoms with Crippen LogP contribution in [0.5, 0.6) is 0 Å². The molecule has 5 nitrogen and oxygen atoms in total. The van der Waals surface area contributed by atoms with Crippen LogP contribution in [0.25, 0.3) is 0 Å². The highest BCUT2D eigenvalue weighted by Gasteiger charge is 2.26. The first kappa shape index (κ1) is 14.8. The zero-order valence-electron chi connectivity index (χ0n) is 12.4. The molecule has 0 aromatic carbocycles. The van der Waals surface area contributed by atoms with Crippen molar-refractivity contribution in [2.45, 2.75) is 45.3 Å². The first-order valence-electron chi connectivity index (χ1n) is 7.18. The number of ether oxygens (including phenoxy) is 1. The van der Waals surface area contributed by atoms with Crippen molar-refractivity contribution in [1.82, 2.24) is 10.3 Å². The summed E-state index contributed by atoms with van der Waals surface area (Å²) in [5.74, 6) is 0.718. The molecule has 2 unspecified atom stereocenters. The number of aromatic nitrogens is 1. The molecular weight excluding hydrogens is 254 g/mol. The lowest BCUT2D eigenvalue weighted by molar-refractivity contribution is 0.0915. The Hall–Kier alpha value is -1.62. The Bertz CT molecular complexity index is 476. The summed E-state index contributed by atoms with van der Waals surface area (Å²) in [5, 5.41) is 6.22. The zero-order valence-corrected chi connectivity index (χ0v) is 12.4. The smallest absolute Gasteiger partial charge is 0.251 e. The maximum atomic E-state index is 12.3. The fourth-order valence-electron chi connectivity index (χ4n) is 2.63. The van der Waals surface area contributed by atoms with Gasteiger partial charge in [0.05, 0.1) is 6.10 Å². The summed E-state index contributed by atoms with van der Waals surface area (Å²) in [6.45, 7) is 4.69. The van der Waals surface area contributed by atoms with E-state index in [4.69, 9.17) is 4.74 Å². The summed E-state index contributed by atoms with van der Waals surface area (Å²) in [4.78, 5) is 16.6. The molecule has 0 radical (unpaired) electrons. The molecule has 2 atom stereocenters. The minimum absolute atomic E-state index is 0.0311. The lowest BCUT2D eigenvalue weighted by Gasteiger charge is -2.14. The van der Waals surface area contributed by atoms with Crippen LogP contribution >= 0.6 is 0 Å². The van der Waals surface area contributed by atoms with Crippen molar-refractivity contribution in [2.75, 3.05) is 19.0 Å². The molecule has 20 heavy (non-hydrogen) atoms. The summed E-state index contributed by atoms with van der Waals surface area (Å²) in [7, 11) is 1.73. The lowest BCUT2D eigenvalue weighted by atomic mass is 10.1. The van der Waals surface area contributed by atoms with E-state index in [-0.39, 0.29) is 18.1 Å². The Labute approximate surface area is 120 Å². The second-order valence-corrected chi connectivity index (χ2v) is 5.25. The van der Waals surface area contributed by atoms with E-state index in [9.17, 15) is 4.79 Å². The highest BCUT2D eigenvalue weighted by Crippen LogP contribution is 2.22. The van der Waals surface area contributed by atoms with Crippen molar-refractivity contribution in [3.8, 4) is 0 Å². The summed E-state index contributed by atoms with van der Waals surface area (Å²) >= 11 is 0. The van der Waals surface area contributed by atoms with Crippen molar-refractivity contribution < 1.29 is 9.53 Å². The summed E-state index contributed by atoms with van der Waals surface area (Å²) < 4.78 is 5.33. The van der Waals surface area contributed by atoms with Gasteiger partial charge in [0.15, 0.2) is 0 Å². The molecular formula is C15H23N3O2. The van der Waals surface area contributed by atoms with Gasteiger partial charge in [0, 0.05) is 31.0 Å². The maximum Gasteiger partial charge on any atom is 0.251 e. The van der Waals surface area contributed by atoms with E-state index in [0.717, 1.165) is 37.3 Å². The van der Waals surface area contributed by atoms with Gasteiger partial charge < -0.3 is 15.4 Å². The normalized spacial score (nSPS) is 21.8. The molecule has 0 bridgehead atoms. The Balaban J connectivity index is 2.02. The number of nitrogens with zero attached hydrogens (tertiary/aromatic N) is 1. The van der Waals surface area contributed by atoms with Gasteiger partial charge in [0.1, 0.15) is 5.82 Å². The second-order valence-electron chi connectivity index (χ2n) is 5.25. The summed E-state index contributed by atoms with van der Waals surface area (Å²) in [6, 6.07) is 3.83. The van der Waals surface area contributed by atoms with Crippen LogP contribution in [-0.4, -0.2) is 36.7 Å². The molecule has 1 aromatic heterocycles. The Morgan fingerprint density at radius 3 is 2.90 bits per heavy atom. The zero-order chi connectivity index (χ0) is 14.5. The minimum Gasteiger partial charge on any atom is -0.381 e. The van der Waals surface area contributed by atoms with E-state index in [0.29, 0.717) is 5.56 Å². The average molecular weight is 277 g/mol. The molecule has 0 aliphatic heterocycles. The molecule has 2 rings (SSSR count). The van der Waals surface area contributed by atoms with Gasteiger partial charge in [-0.3, -0.25) is 4.79 Å². The van der Waals surface area contributed by atoms with Gasteiger partial charge in [0.2, 0.25) is 0 Å². The van der Waals surface area contributed by atoms with Crippen LogP contribution in [0, 0.1) is 6.92 Å². The number of pyridine rings is 1. The van der Waals surface area contributed by atoms with E-state index in [1.807, 2.05) is 19.9 Å². The van der Waals surface area contributed by atoms with E-state index in [1.165, 1.54) is 0 Å². The molecule has 0 spiro atoms. The fourth-order valence-corrected chi connectivity index (χ4v) is 2.63. The van der Waals surface area contributed by atoms with Crippen LogP contribution < -0.4 is 10.6 Å². The number of nitrogens with one attached hydrogen (secondary N) is 2. The Morgan fingerprint density at radius 2 is 2.25 bits per heavy atom. The average Bonchev–Trinajstić information content (AvgIpc) is 2.86. The monoisotopic (exact) mass is 277 g/mol. The van der Waals surface area contributed by atoms with Crippen LogP contribution in [0.2, 0.25) is 0 Å². The van der Waals surface area contributed by atoms with Crippen LogP contribution in [-0.2, 0) is 4.74 Å². The number of anilines is 1. The maximum absolute atomic E-state index is 12.3. The SMILES string of the molecule is CCNc1cc(C(=O)NC2CCC(OC)C2)cc(C)n1. The van der Waals surface area contributed by atoms with Crippen molar-refractivity contribution in [3.63, 3.8) is 0 Å². The lowest BCUT2D eigenvalue weighted by Crippen LogP contribution is -2.33. The largest absolute Gasteiger partial charge is 0.381 e. The molecule has 5 heteroatoms. The molecule has 1 fully saturated rings. The molecule has 0 saturated heterocycles. The van der Waals surface area contributed by atoms with E-state index >= 15 is 0 Å². The van der Waals surface area contributed by atoms with Crippen molar-refractivity contribution in [2.24, 2.45) is 0 Å². The number of hydrogen-bond donors (Lipinski definition) is 2. The third-order valence-electron chi connectivity index (χ3n) is 3.63. The first-order valence-corrected chi connectivity index (χ1v) is 7.18. The topological polar surface area (TPSA) is 63.2 Å². The van der Waals surface area contributed by atoms with Crippen molar-refractivity contribution >= 4 is 11.7 Å². The van der Waals surface area contributed by atoms with Crippen LogP contribution in [0.1, 0.15) is 42.2 Å². The number of methoxy groups -OCH3 is 1. The number of carbonyl (C=O) groups is 1. The van der Waals surface area contributed by atoms with Gasteiger partial charge in [-0.05, 0) is 45.2 Å². The van der Waals surface area contributed by atoms with E-state index in [2.05, 4.69) is 15.6 Å². The van der Waals surface area contributed by atoms with E-state index < -0.39 is 0 Å². The predicted molar refractivity (Wildman–Crippen MR) is 79.0 cm³/mol. The molecule has 1 aromatic rings. The van der Waals surface area contributed by atoms with Gasteiger partial charge in [-0.15, -0.1) is 0 Å². The minimum atomic E-state index is -0.0311. The molecule has 1 aliphatic rings. The van der Waals surface area contributed by atoms with Crippen LogP contribution in [0.15, 0.2) is 12.1 Å². The number of hydrogen-bond acceptors (Lipinski definition) is 4. The van der Waals surface area contributed by atoms with Crippen LogP contribution in [0.4, 0.5) is 5.82 Å². The number of rotatable bonds is 5. The molecule has 1 heterocycles. The molecule has 1 aliphatic carbocycles. The molecule has 110 valence electrons. The van der Waals surface area contributed by atoms with Crippen molar-refractivity contribution in [3.05, 3.63) is 23.4 Å². The van der Waals surface area contributed by atoms with Gasteiger partial charge in [-0.1, -0.05) is 0 Å². The first-order chi connectivity index (χ1) is 9.62. The predicted octanol–water partition coefficient (Wildman–Crippen LogP) is 2.12. The fraction of sp³-hybridized carbons (Fsp3) is 0.600. The Kier molecular flexibility index (Phi) is 4.95. The second kappa shape index (κ2) is 6.70. The highest BCUT2D eigenvalue weighted by atomic mass is 16.5. The number of aryl methyl sites for hydroxylation is 1. The van der Waals surface area contributed by atoms with Crippen LogP contribution in [0.3, 0.4) is 0 Å². The highest BCUT2D eigenvalue weighted by molar-refractivity contribution is 5.95. The number of amides is 1. The third-order valence-corrected chi connectivity index (χ3v) is 3.63. The van der Waals surface area contributed by atoms with E-state index in [1.54, 1.807) is 13.2 Å². The summed E-state index contributed by atoms with van der Waals surface area (Å²) in [5.41, 5.74) is 1.50. The van der Waals surface area contributed by atoms with Gasteiger partial charge in [0.25, 0.3) is 5.91 Å². The molecule has 1 amide bonds. The molecule has 1 saturated carbocycles. The summed E-state index contributed by atoms with van der Waals surface area (Å²) in [6.07, 6.45) is 3.16. The molecule has 2 N–H and O–H groups in total.